The zero-order chi connectivity index (χ0) is 16.3. The van der Waals surface area contributed by atoms with Crippen molar-refractivity contribution in [2.24, 2.45) is 5.73 Å². The van der Waals surface area contributed by atoms with Gasteiger partial charge in [-0.15, -0.1) is 0 Å². The van der Waals surface area contributed by atoms with E-state index in [0.717, 1.165) is 0 Å². The van der Waals surface area contributed by atoms with Crippen LogP contribution in [0.3, 0.4) is 0 Å². The van der Waals surface area contributed by atoms with Gasteiger partial charge >= 0.3 is 0 Å². The number of rotatable bonds is 4. The van der Waals surface area contributed by atoms with Crippen LogP contribution in [-0.2, 0) is 4.79 Å². The third-order valence-corrected chi connectivity index (χ3v) is 2.54. The lowest BCUT2D eigenvalue weighted by Crippen LogP contribution is -2.40. The number of nitrogens with two attached hydrogens (primary N) is 1. The van der Waals surface area contributed by atoms with Crippen LogP contribution >= 0.6 is 0 Å². The Morgan fingerprint density at radius 2 is 1.57 bits per heavy atom. The summed E-state index contributed by atoms with van der Waals surface area (Å²) >= 11 is 0. The first kappa shape index (κ1) is 17.2. The molecule has 0 saturated heterocycles. The van der Waals surface area contributed by atoms with Gasteiger partial charge in [-0.3, -0.25) is 9.59 Å². The molecule has 2 amide bonds. The van der Waals surface area contributed by atoms with E-state index >= 15 is 0 Å². The number of carbonyl (C=O) groups is 2. The highest BCUT2D eigenvalue weighted by molar-refractivity contribution is 5.96. The van der Waals surface area contributed by atoms with Gasteiger partial charge in [-0.05, 0) is 58.9 Å². The van der Waals surface area contributed by atoms with Crippen molar-refractivity contribution in [3.63, 3.8) is 0 Å². The highest BCUT2D eigenvalue weighted by Gasteiger charge is 2.17. The maximum Gasteiger partial charge on any atom is 0.251 e. The molecule has 0 heterocycles. The van der Waals surface area contributed by atoms with E-state index in [1.165, 1.54) is 0 Å². The van der Waals surface area contributed by atoms with Crippen molar-refractivity contribution >= 4 is 17.5 Å². The molecule has 0 aliphatic rings. The van der Waals surface area contributed by atoms with E-state index in [-0.39, 0.29) is 23.8 Å². The Kier molecular flexibility index (Phi) is 5.12. The van der Waals surface area contributed by atoms with Gasteiger partial charge in [-0.1, -0.05) is 0 Å². The Labute approximate surface area is 126 Å². The van der Waals surface area contributed by atoms with Crippen molar-refractivity contribution in [3.8, 4) is 0 Å². The van der Waals surface area contributed by atoms with Crippen LogP contribution in [0.2, 0.25) is 0 Å². The van der Waals surface area contributed by atoms with E-state index in [2.05, 4.69) is 10.6 Å². The van der Waals surface area contributed by atoms with Gasteiger partial charge in [-0.25, -0.2) is 0 Å². The Hall–Kier alpha value is -1.88. The molecular formula is C16H25N3O2. The first-order valence-corrected chi connectivity index (χ1v) is 6.98. The first-order valence-electron chi connectivity index (χ1n) is 6.98. The van der Waals surface area contributed by atoms with E-state index in [1.807, 2.05) is 20.8 Å². The predicted octanol–water partition coefficient (Wildman–Crippen LogP) is 2.28. The summed E-state index contributed by atoms with van der Waals surface area (Å²) in [6, 6.07) is 6.78. The molecule has 0 spiro atoms. The number of benzene rings is 1. The summed E-state index contributed by atoms with van der Waals surface area (Å²) < 4.78 is 0. The smallest absolute Gasteiger partial charge is 0.251 e. The second kappa shape index (κ2) is 6.26. The molecular weight excluding hydrogens is 266 g/mol. The number of anilines is 1. The monoisotopic (exact) mass is 291 g/mol. The highest BCUT2D eigenvalue weighted by Crippen LogP contribution is 2.13. The summed E-state index contributed by atoms with van der Waals surface area (Å²) in [4.78, 5) is 23.7. The molecule has 116 valence electrons. The Morgan fingerprint density at radius 3 is 2.00 bits per heavy atom. The molecule has 5 heteroatoms. The number of hydrogen-bond donors (Lipinski definition) is 3. The summed E-state index contributed by atoms with van der Waals surface area (Å²) in [5.41, 5.74) is 6.18. The Morgan fingerprint density at radius 1 is 1.05 bits per heavy atom. The first-order chi connectivity index (χ1) is 9.46. The van der Waals surface area contributed by atoms with Crippen molar-refractivity contribution in [3.05, 3.63) is 29.8 Å². The standard InChI is InChI=1S/C16H25N3O2/c1-15(2,3)19-14(21)11-6-8-12(9-7-11)18-13(20)10-16(4,5)17/h6-9H,10,17H2,1-5H3,(H,18,20)(H,19,21). The average molecular weight is 291 g/mol. The third kappa shape index (κ3) is 6.90. The normalized spacial score (nSPS) is 11.9. The molecule has 0 atom stereocenters. The molecule has 21 heavy (non-hydrogen) atoms. The van der Waals surface area contributed by atoms with Gasteiger partial charge in [0.25, 0.3) is 5.91 Å². The van der Waals surface area contributed by atoms with E-state index in [1.54, 1.807) is 38.1 Å². The minimum Gasteiger partial charge on any atom is -0.347 e. The van der Waals surface area contributed by atoms with Crippen molar-refractivity contribution in [2.75, 3.05) is 5.32 Å². The molecule has 5 nitrogen and oxygen atoms in total. The summed E-state index contributed by atoms with van der Waals surface area (Å²) in [7, 11) is 0. The van der Waals surface area contributed by atoms with Crippen molar-refractivity contribution in [2.45, 2.75) is 52.1 Å². The minimum absolute atomic E-state index is 0.136. The quantitative estimate of drug-likeness (QED) is 0.795. The SMILES string of the molecule is CC(C)(N)CC(=O)Nc1ccc(C(=O)NC(C)(C)C)cc1. The van der Waals surface area contributed by atoms with E-state index < -0.39 is 5.54 Å². The molecule has 0 fully saturated rings. The molecule has 1 aromatic carbocycles. The fourth-order valence-corrected chi connectivity index (χ4v) is 1.74. The fraction of sp³-hybridized carbons (Fsp3) is 0.500. The van der Waals surface area contributed by atoms with Gasteiger partial charge in [0.15, 0.2) is 0 Å². The molecule has 0 aliphatic heterocycles. The minimum atomic E-state index is -0.545. The van der Waals surface area contributed by atoms with Crippen LogP contribution in [0.25, 0.3) is 0 Å². The van der Waals surface area contributed by atoms with Crippen molar-refractivity contribution in [1.82, 2.24) is 5.32 Å². The zero-order valence-electron chi connectivity index (χ0n) is 13.4. The highest BCUT2D eigenvalue weighted by atomic mass is 16.2. The van der Waals surface area contributed by atoms with Crippen LogP contribution in [0.15, 0.2) is 24.3 Å². The summed E-state index contributed by atoms with van der Waals surface area (Å²) in [5, 5.41) is 5.65. The molecule has 0 aliphatic carbocycles. The lowest BCUT2D eigenvalue weighted by atomic mass is 10.0. The summed E-state index contributed by atoms with van der Waals surface area (Å²) in [6.07, 6.45) is 0.235. The number of carbonyl (C=O) groups excluding carboxylic acids is 2. The van der Waals surface area contributed by atoms with Gasteiger partial charge in [0.1, 0.15) is 0 Å². The maximum absolute atomic E-state index is 12.0. The third-order valence-electron chi connectivity index (χ3n) is 2.54. The van der Waals surface area contributed by atoms with E-state index in [4.69, 9.17) is 5.73 Å². The molecule has 0 aromatic heterocycles. The van der Waals surface area contributed by atoms with Gasteiger partial charge in [0.05, 0.1) is 0 Å². The second-order valence-electron chi connectivity index (χ2n) is 7.00. The molecule has 1 rings (SSSR count). The second-order valence-corrected chi connectivity index (χ2v) is 7.00. The average Bonchev–Trinajstić information content (AvgIpc) is 2.24. The molecule has 0 saturated carbocycles. The molecule has 0 bridgehead atoms. The van der Waals surface area contributed by atoms with Crippen LogP contribution < -0.4 is 16.4 Å². The number of amides is 2. The van der Waals surface area contributed by atoms with Crippen LogP contribution in [0.1, 0.15) is 51.4 Å². The molecule has 0 unspecified atom stereocenters. The Bertz CT molecular complexity index is 508. The summed E-state index contributed by atoms with van der Waals surface area (Å²) in [5.74, 6) is -0.280. The van der Waals surface area contributed by atoms with E-state index in [0.29, 0.717) is 11.3 Å². The maximum atomic E-state index is 12.0. The number of nitrogens with one attached hydrogen (secondary N) is 2. The van der Waals surface area contributed by atoms with Crippen molar-refractivity contribution in [1.29, 1.82) is 0 Å². The molecule has 1 aromatic rings. The van der Waals surface area contributed by atoms with Crippen molar-refractivity contribution < 1.29 is 9.59 Å². The lowest BCUT2D eigenvalue weighted by Gasteiger charge is -2.20. The fourth-order valence-electron chi connectivity index (χ4n) is 1.74. The predicted molar refractivity (Wildman–Crippen MR) is 85.2 cm³/mol. The topological polar surface area (TPSA) is 84.2 Å². The van der Waals surface area contributed by atoms with Crippen LogP contribution in [-0.4, -0.2) is 22.9 Å². The van der Waals surface area contributed by atoms with Crippen LogP contribution in [0.4, 0.5) is 5.69 Å². The van der Waals surface area contributed by atoms with Gasteiger partial charge in [0.2, 0.25) is 5.91 Å². The van der Waals surface area contributed by atoms with Crippen LogP contribution in [0, 0.1) is 0 Å². The summed E-state index contributed by atoms with van der Waals surface area (Å²) in [6.45, 7) is 9.37. The Balaban J connectivity index is 2.66. The lowest BCUT2D eigenvalue weighted by molar-refractivity contribution is -0.117. The van der Waals surface area contributed by atoms with Gasteiger partial charge in [-0.2, -0.15) is 0 Å². The largest absolute Gasteiger partial charge is 0.347 e. The molecule has 4 N–H and O–H groups in total. The van der Waals surface area contributed by atoms with Gasteiger partial charge in [0, 0.05) is 28.7 Å². The zero-order valence-corrected chi connectivity index (χ0v) is 13.4. The van der Waals surface area contributed by atoms with E-state index in [9.17, 15) is 9.59 Å². The number of hydrogen-bond acceptors (Lipinski definition) is 3. The van der Waals surface area contributed by atoms with Gasteiger partial charge < -0.3 is 16.4 Å². The molecule has 0 radical (unpaired) electrons. The van der Waals surface area contributed by atoms with Crippen LogP contribution in [0.5, 0.6) is 0 Å².